The van der Waals surface area contributed by atoms with Crippen LogP contribution in [0.4, 0.5) is 0 Å². The molecule has 3 aromatic heterocycles. The van der Waals surface area contributed by atoms with Crippen LogP contribution in [0.1, 0.15) is 13.7 Å². The number of fused-ring (bicyclic) bond motifs is 7. The molecule has 0 atom stereocenters. The lowest BCUT2D eigenvalue weighted by atomic mass is 9.98. The van der Waals surface area contributed by atoms with Crippen LogP contribution >= 0.6 is 0 Å². The van der Waals surface area contributed by atoms with Crippen molar-refractivity contribution in [3.63, 3.8) is 0 Å². The highest BCUT2D eigenvalue weighted by molar-refractivity contribution is 6.24. The normalized spacial score (nSPS) is 13.8. The fourth-order valence-electron chi connectivity index (χ4n) is 8.39. The Balaban J connectivity index is 1.32. The highest BCUT2D eigenvalue weighted by Crippen LogP contribution is 2.44. The average molecular weight is 802 g/mol. The lowest BCUT2D eigenvalue weighted by Gasteiger charge is -2.17. The van der Waals surface area contributed by atoms with Gasteiger partial charge in [0.2, 0.25) is 5.95 Å². The molecule has 62 heavy (non-hydrogen) atoms. The van der Waals surface area contributed by atoms with Gasteiger partial charge in [-0.25, -0.2) is 4.98 Å². The first-order valence-corrected chi connectivity index (χ1v) is 20.1. The maximum Gasteiger partial charge on any atom is 0.238 e. The fourth-order valence-corrected chi connectivity index (χ4v) is 8.39. The second-order valence-electron chi connectivity index (χ2n) is 14.9. The van der Waals surface area contributed by atoms with E-state index in [1.54, 1.807) is 4.57 Å². The molecule has 5 nitrogen and oxygen atoms in total. The van der Waals surface area contributed by atoms with E-state index in [1.165, 1.54) is 4.57 Å². The van der Waals surface area contributed by atoms with Crippen molar-refractivity contribution in [2.75, 3.05) is 0 Å². The van der Waals surface area contributed by atoms with Crippen molar-refractivity contribution in [3.05, 3.63) is 224 Å². The molecule has 0 amide bonds. The SMILES string of the molecule is [2H]c1c([2H])c([2H])c2c(c1[2H])c1c([2H])c([2H])c3c4c([2H])c([2H])c([2H])c([2H])c4n(-c4cc(-c5ccccc5)ccc4-c4ccccc4)c3c1n2-c1nc(-c2ccccc2)nc(-c2ccc(-c3ccccc3)cc2)n1. The van der Waals surface area contributed by atoms with Gasteiger partial charge in [0.05, 0.1) is 41.5 Å². The van der Waals surface area contributed by atoms with Gasteiger partial charge in [-0.05, 0) is 46.0 Å². The van der Waals surface area contributed by atoms with E-state index in [4.69, 9.17) is 20.4 Å². The Bertz CT molecular complexity index is 4180. The molecule has 0 radical (unpaired) electrons. The average Bonchev–Trinajstić information content (AvgIpc) is 3.98. The van der Waals surface area contributed by atoms with Crippen LogP contribution in [0.15, 0.2) is 224 Å². The van der Waals surface area contributed by atoms with Gasteiger partial charge < -0.3 is 4.57 Å². The van der Waals surface area contributed by atoms with Crippen molar-refractivity contribution in [1.82, 2.24) is 24.1 Å². The molecule has 0 bridgehead atoms. The lowest BCUT2D eigenvalue weighted by molar-refractivity contribution is 0.953. The fraction of sp³-hybridized carbons (Fsp3) is 0. The van der Waals surface area contributed by atoms with E-state index in [0.29, 0.717) is 22.4 Å². The zero-order chi connectivity index (χ0) is 49.7. The molecule has 0 unspecified atom stereocenters. The highest BCUT2D eigenvalue weighted by atomic mass is 15.2. The summed E-state index contributed by atoms with van der Waals surface area (Å²) in [6, 6.07) is 47.2. The maximum atomic E-state index is 9.90. The zero-order valence-electron chi connectivity index (χ0n) is 42.8. The molecule has 290 valence electrons. The van der Waals surface area contributed by atoms with E-state index >= 15 is 0 Å². The number of aromatic nitrogens is 5. The van der Waals surface area contributed by atoms with Crippen LogP contribution < -0.4 is 0 Å². The second kappa shape index (κ2) is 14.7. The van der Waals surface area contributed by atoms with E-state index in [-0.39, 0.29) is 61.2 Å². The predicted octanol–water partition coefficient (Wildman–Crippen LogP) is 14.4. The number of hydrogen-bond acceptors (Lipinski definition) is 3. The maximum absolute atomic E-state index is 9.90. The molecule has 0 aliphatic heterocycles. The number of nitrogens with zero attached hydrogens (tertiary/aromatic N) is 5. The molecule has 9 aromatic carbocycles. The first-order valence-electron chi connectivity index (χ1n) is 25.1. The van der Waals surface area contributed by atoms with Gasteiger partial charge in [0.15, 0.2) is 11.6 Å². The minimum Gasteiger partial charge on any atom is -0.307 e. The van der Waals surface area contributed by atoms with E-state index in [9.17, 15) is 8.22 Å². The van der Waals surface area contributed by atoms with Gasteiger partial charge in [0.25, 0.3) is 0 Å². The summed E-state index contributed by atoms with van der Waals surface area (Å²) in [5.74, 6) is 0.392. The molecule has 12 rings (SSSR count). The number of rotatable bonds is 7. The van der Waals surface area contributed by atoms with Crippen LogP contribution in [0.2, 0.25) is 0 Å². The number of hydrogen-bond donors (Lipinski definition) is 0. The molecule has 3 heterocycles. The van der Waals surface area contributed by atoms with Crippen molar-refractivity contribution in [3.8, 4) is 67.8 Å². The Labute approximate surface area is 372 Å². The highest BCUT2D eigenvalue weighted by Gasteiger charge is 2.25. The molecular weight excluding hydrogens is 755 g/mol. The summed E-state index contributed by atoms with van der Waals surface area (Å²) in [4.78, 5) is 15.2. The van der Waals surface area contributed by atoms with Crippen LogP contribution in [0.3, 0.4) is 0 Å². The molecule has 0 saturated carbocycles. The summed E-state index contributed by atoms with van der Waals surface area (Å²) < 4.78 is 97.4. The first-order chi connectivity index (χ1) is 34.9. The van der Waals surface area contributed by atoms with Crippen molar-refractivity contribution < 1.29 is 13.7 Å². The largest absolute Gasteiger partial charge is 0.307 e. The quantitative estimate of drug-likeness (QED) is 0.161. The minimum absolute atomic E-state index is 0.00648. The van der Waals surface area contributed by atoms with E-state index in [1.807, 2.05) is 164 Å². The molecule has 12 aromatic rings. The van der Waals surface area contributed by atoms with Gasteiger partial charge in [-0.3, -0.25) is 4.57 Å². The standard InChI is InChI=1S/C57H37N5/c1-5-17-38(18-6-1)40-29-31-43(32-30-40)56-58-55(42-23-11-4-12-24-42)59-57(60-56)62-51-28-16-14-26-47(51)49-36-35-48-46-25-13-15-27-50(46)61(53(48)54(49)62)52-37-44(39-19-7-2-8-20-39)33-34-45(52)41-21-9-3-10-22-41/h1-37H/i13D,14D,15D,16D,25D,26D,27D,28D,35D,36D. The van der Waals surface area contributed by atoms with Crippen LogP contribution in [0.5, 0.6) is 0 Å². The van der Waals surface area contributed by atoms with Crippen LogP contribution in [-0.4, -0.2) is 24.1 Å². The van der Waals surface area contributed by atoms with E-state index in [0.717, 1.165) is 27.8 Å². The molecular formula is C57H37N5. The Morgan fingerprint density at radius 2 is 0.758 bits per heavy atom. The topological polar surface area (TPSA) is 48.5 Å². The minimum atomic E-state index is -0.556. The van der Waals surface area contributed by atoms with Gasteiger partial charge >= 0.3 is 0 Å². The van der Waals surface area contributed by atoms with Gasteiger partial charge in [0, 0.05) is 38.2 Å². The lowest BCUT2D eigenvalue weighted by Crippen LogP contribution is -2.07. The van der Waals surface area contributed by atoms with Gasteiger partial charge in [-0.2, -0.15) is 9.97 Å². The molecule has 5 heteroatoms. The Kier molecular flexibility index (Phi) is 6.31. The monoisotopic (exact) mass is 801 g/mol. The predicted molar refractivity (Wildman–Crippen MR) is 256 cm³/mol. The zero-order valence-corrected chi connectivity index (χ0v) is 32.8. The summed E-state index contributed by atoms with van der Waals surface area (Å²) in [5, 5.41) is -0.0991. The summed E-state index contributed by atoms with van der Waals surface area (Å²) in [5.41, 5.74) is 6.90. The van der Waals surface area contributed by atoms with E-state index in [2.05, 4.69) is 0 Å². The van der Waals surface area contributed by atoms with Crippen LogP contribution in [0.25, 0.3) is 111 Å². The first kappa shape index (κ1) is 26.6. The summed E-state index contributed by atoms with van der Waals surface area (Å²) in [6.07, 6.45) is 0. The smallest absolute Gasteiger partial charge is 0.238 e. The van der Waals surface area contributed by atoms with Crippen molar-refractivity contribution in [2.24, 2.45) is 0 Å². The van der Waals surface area contributed by atoms with Gasteiger partial charge in [0.1, 0.15) is 0 Å². The summed E-state index contributed by atoms with van der Waals surface area (Å²) >= 11 is 0. The summed E-state index contributed by atoms with van der Waals surface area (Å²) in [6.45, 7) is 0. The number of benzene rings is 9. The third-order valence-electron chi connectivity index (χ3n) is 11.3. The van der Waals surface area contributed by atoms with Crippen molar-refractivity contribution in [2.45, 2.75) is 0 Å². The van der Waals surface area contributed by atoms with Gasteiger partial charge in [-0.1, -0.05) is 206 Å². The molecule has 0 N–H and O–H groups in total. The number of para-hydroxylation sites is 2. The molecule has 0 saturated heterocycles. The van der Waals surface area contributed by atoms with E-state index < -0.39 is 60.4 Å². The third-order valence-corrected chi connectivity index (χ3v) is 11.3. The Hall–Kier alpha value is -8.41. The van der Waals surface area contributed by atoms with Crippen LogP contribution in [0, 0.1) is 0 Å². The molecule has 0 fully saturated rings. The van der Waals surface area contributed by atoms with Gasteiger partial charge in [-0.15, -0.1) is 0 Å². The van der Waals surface area contributed by atoms with Crippen molar-refractivity contribution in [1.29, 1.82) is 0 Å². The molecule has 0 spiro atoms. The third kappa shape index (κ3) is 5.90. The Morgan fingerprint density at radius 1 is 0.339 bits per heavy atom. The second-order valence-corrected chi connectivity index (χ2v) is 14.9. The summed E-state index contributed by atoms with van der Waals surface area (Å²) in [7, 11) is 0. The van der Waals surface area contributed by atoms with Crippen LogP contribution in [-0.2, 0) is 0 Å². The molecule has 0 aliphatic rings. The van der Waals surface area contributed by atoms with Crippen molar-refractivity contribution >= 4 is 43.6 Å². The molecule has 0 aliphatic carbocycles. The Morgan fingerprint density at radius 3 is 1.34 bits per heavy atom.